The van der Waals surface area contributed by atoms with Crippen LogP contribution in [-0.2, 0) is 4.74 Å². The first-order chi connectivity index (χ1) is 7.00. The van der Waals surface area contributed by atoms with Crippen LogP contribution in [0, 0.1) is 11.8 Å². The van der Waals surface area contributed by atoms with Gasteiger partial charge in [-0.15, -0.1) is 0 Å². The summed E-state index contributed by atoms with van der Waals surface area (Å²) in [6, 6.07) is 0. The molecule has 2 atom stereocenters. The van der Waals surface area contributed by atoms with E-state index in [9.17, 15) is 13.2 Å². The third kappa shape index (κ3) is 1.90. The Balaban J connectivity index is 2.25. The van der Waals surface area contributed by atoms with Crippen molar-refractivity contribution < 1.29 is 17.9 Å². The highest BCUT2D eigenvalue weighted by Crippen LogP contribution is 2.44. The second-order valence-corrected chi connectivity index (χ2v) is 4.15. The number of ether oxygens (including phenoxy) is 1. The molecule has 0 aromatic carbocycles. The van der Waals surface area contributed by atoms with E-state index in [0.29, 0.717) is 13.0 Å². The predicted octanol–water partition coefficient (Wildman–Crippen LogP) is 3.44. The minimum Gasteiger partial charge on any atom is -0.497 e. The molecule has 0 N–H and O–H groups in total. The Morgan fingerprint density at radius 3 is 2.80 bits per heavy atom. The van der Waals surface area contributed by atoms with Crippen LogP contribution >= 0.6 is 0 Å². The maximum absolute atomic E-state index is 12.7. The van der Waals surface area contributed by atoms with Crippen LogP contribution in [0.25, 0.3) is 0 Å². The summed E-state index contributed by atoms with van der Waals surface area (Å²) in [5.74, 6) is -1.63. The summed E-state index contributed by atoms with van der Waals surface area (Å²) in [6.07, 6.45) is -0.200. The molecule has 2 unspecified atom stereocenters. The lowest BCUT2D eigenvalue weighted by Crippen LogP contribution is -2.33. The Kier molecular flexibility index (Phi) is 2.52. The molecule has 0 fully saturated rings. The molecule has 0 radical (unpaired) electrons. The highest BCUT2D eigenvalue weighted by atomic mass is 19.4. The maximum atomic E-state index is 12.7. The van der Waals surface area contributed by atoms with Crippen molar-refractivity contribution in [3.63, 3.8) is 0 Å². The smallest absolute Gasteiger partial charge is 0.392 e. The zero-order valence-electron chi connectivity index (χ0n) is 8.47. The summed E-state index contributed by atoms with van der Waals surface area (Å²) in [5.41, 5.74) is 1.86. The summed E-state index contributed by atoms with van der Waals surface area (Å²) in [6.45, 7) is 2.11. The van der Waals surface area contributed by atoms with E-state index in [0.717, 1.165) is 11.1 Å². The van der Waals surface area contributed by atoms with E-state index in [1.165, 1.54) is 6.26 Å². The molecule has 2 aliphatic rings. The van der Waals surface area contributed by atoms with Crippen molar-refractivity contribution in [2.75, 3.05) is 6.61 Å². The molecule has 0 aromatic rings. The molecule has 1 aliphatic carbocycles. The second kappa shape index (κ2) is 3.58. The summed E-state index contributed by atoms with van der Waals surface area (Å²) in [5, 5.41) is 0. The summed E-state index contributed by atoms with van der Waals surface area (Å²) < 4.78 is 43.1. The first-order valence-corrected chi connectivity index (χ1v) is 5.07. The van der Waals surface area contributed by atoms with Crippen LogP contribution in [0.2, 0.25) is 0 Å². The monoisotopic (exact) mass is 218 g/mol. The zero-order chi connectivity index (χ0) is 11.1. The SMILES string of the molecule is CC1C2=C(CCC1C(F)(F)F)COC=C2. The number of halogens is 3. The lowest BCUT2D eigenvalue weighted by Gasteiger charge is -2.34. The summed E-state index contributed by atoms with van der Waals surface area (Å²) >= 11 is 0. The number of hydrogen-bond donors (Lipinski definition) is 0. The van der Waals surface area contributed by atoms with E-state index in [4.69, 9.17) is 4.74 Å². The normalized spacial score (nSPS) is 31.2. The largest absolute Gasteiger partial charge is 0.497 e. The van der Waals surface area contributed by atoms with E-state index in [1.807, 2.05) is 0 Å². The molecule has 0 spiro atoms. The molecule has 2 rings (SSSR count). The number of allylic oxidation sites excluding steroid dienone is 2. The number of alkyl halides is 3. The first kappa shape index (κ1) is 10.6. The van der Waals surface area contributed by atoms with Gasteiger partial charge < -0.3 is 4.74 Å². The van der Waals surface area contributed by atoms with Gasteiger partial charge in [0.2, 0.25) is 0 Å². The molecular formula is C11H13F3O. The fourth-order valence-corrected chi connectivity index (χ4v) is 2.41. The molecule has 0 bridgehead atoms. The predicted molar refractivity (Wildman–Crippen MR) is 50.1 cm³/mol. The molecular weight excluding hydrogens is 205 g/mol. The first-order valence-electron chi connectivity index (χ1n) is 5.07. The summed E-state index contributed by atoms with van der Waals surface area (Å²) in [4.78, 5) is 0. The van der Waals surface area contributed by atoms with Gasteiger partial charge in [-0.2, -0.15) is 13.2 Å². The second-order valence-electron chi connectivity index (χ2n) is 4.15. The van der Waals surface area contributed by atoms with Gasteiger partial charge in [-0.1, -0.05) is 6.92 Å². The van der Waals surface area contributed by atoms with E-state index >= 15 is 0 Å². The van der Waals surface area contributed by atoms with Gasteiger partial charge in [-0.25, -0.2) is 0 Å². The average Bonchev–Trinajstić information content (AvgIpc) is 2.16. The third-order valence-electron chi connectivity index (χ3n) is 3.28. The van der Waals surface area contributed by atoms with Gasteiger partial charge in [0.1, 0.15) is 6.61 Å². The van der Waals surface area contributed by atoms with Crippen molar-refractivity contribution in [2.45, 2.75) is 25.9 Å². The van der Waals surface area contributed by atoms with Crippen molar-refractivity contribution in [3.05, 3.63) is 23.5 Å². The van der Waals surface area contributed by atoms with Gasteiger partial charge in [0.25, 0.3) is 0 Å². The van der Waals surface area contributed by atoms with Gasteiger partial charge in [-0.05, 0) is 36.0 Å². The van der Waals surface area contributed by atoms with Crippen molar-refractivity contribution in [1.29, 1.82) is 0 Å². The van der Waals surface area contributed by atoms with Gasteiger partial charge in [0, 0.05) is 0 Å². The molecule has 0 saturated carbocycles. The Bertz CT molecular complexity index is 314. The molecule has 84 valence electrons. The Morgan fingerprint density at radius 1 is 1.40 bits per heavy atom. The van der Waals surface area contributed by atoms with Crippen LogP contribution in [0.1, 0.15) is 19.8 Å². The van der Waals surface area contributed by atoms with Crippen LogP contribution in [0.4, 0.5) is 13.2 Å². The third-order valence-corrected chi connectivity index (χ3v) is 3.28. The molecule has 1 nitrogen and oxygen atoms in total. The fraction of sp³-hybridized carbons (Fsp3) is 0.636. The fourth-order valence-electron chi connectivity index (χ4n) is 2.41. The highest BCUT2D eigenvalue weighted by molar-refractivity contribution is 5.32. The van der Waals surface area contributed by atoms with Crippen molar-refractivity contribution in [1.82, 2.24) is 0 Å². The van der Waals surface area contributed by atoms with Crippen LogP contribution in [0.3, 0.4) is 0 Å². The molecule has 1 aliphatic heterocycles. The quantitative estimate of drug-likeness (QED) is 0.605. The van der Waals surface area contributed by atoms with Crippen molar-refractivity contribution in [2.24, 2.45) is 11.8 Å². The molecule has 0 aromatic heterocycles. The summed E-state index contributed by atoms with van der Waals surface area (Å²) in [7, 11) is 0. The van der Waals surface area contributed by atoms with Crippen LogP contribution in [-0.4, -0.2) is 12.8 Å². The lowest BCUT2D eigenvalue weighted by atomic mass is 9.75. The Morgan fingerprint density at radius 2 is 2.13 bits per heavy atom. The molecule has 1 heterocycles. The molecule has 0 saturated heterocycles. The minimum absolute atomic E-state index is 0.195. The molecule has 4 heteroatoms. The van der Waals surface area contributed by atoms with E-state index in [1.54, 1.807) is 13.0 Å². The zero-order valence-corrected chi connectivity index (χ0v) is 8.47. The highest BCUT2D eigenvalue weighted by Gasteiger charge is 2.45. The standard InChI is InChI=1S/C11H13F3O/c1-7-9-4-5-15-6-8(9)2-3-10(7)11(12,13)14/h4-5,7,10H,2-3,6H2,1H3. The topological polar surface area (TPSA) is 9.23 Å². The number of rotatable bonds is 0. The minimum atomic E-state index is -4.08. The van der Waals surface area contributed by atoms with Crippen LogP contribution in [0.15, 0.2) is 23.5 Å². The number of hydrogen-bond acceptors (Lipinski definition) is 1. The van der Waals surface area contributed by atoms with Gasteiger partial charge in [0.15, 0.2) is 0 Å². The van der Waals surface area contributed by atoms with Gasteiger partial charge in [0.05, 0.1) is 12.2 Å². The van der Waals surface area contributed by atoms with Gasteiger partial charge in [-0.3, -0.25) is 0 Å². The van der Waals surface area contributed by atoms with E-state index < -0.39 is 18.0 Å². The van der Waals surface area contributed by atoms with Crippen molar-refractivity contribution in [3.8, 4) is 0 Å². The van der Waals surface area contributed by atoms with Crippen molar-refractivity contribution >= 4 is 0 Å². The van der Waals surface area contributed by atoms with E-state index in [-0.39, 0.29) is 6.42 Å². The van der Waals surface area contributed by atoms with Gasteiger partial charge >= 0.3 is 6.18 Å². The van der Waals surface area contributed by atoms with E-state index in [2.05, 4.69) is 0 Å². The Hall–Kier alpha value is -0.930. The Labute approximate surface area is 86.6 Å². The maximum Gasteiger partial charge on any atom is 0.392 e. The molecule has 0 amide bonds. The average molecular weight is 218 g/mol. The van der Waals surface area contributed by atoms with Crippen LogP contribution in [0.5, 0.6) is 0 Å². The molecule has 15 heavy (non-hydrogen) atoms. The van der Waals surface area contributed by atoms with Crippen LogP contribution < -0.4 is 0 Å². The lowest BCUT2D eigenvalue weighted by molar-refractivity contribution is -0.187.